The molecule has 0 aliphatic carbocycles. The number of hydrogen-bond donors (Lipinski definition) is 0. The van der Waals surface area contributed by atoms with E-state index in [1.54, 1.807) is 25.6 Å². The SMILES string of the molecule is COc1cccc(-c2nc(CN(C)Cc3cnn(C)c3)cs2)c1OC. The van der Waals surface area contributed by atoms with Gasteiger partial charge in [0.25, 0.3) is 0 Å². The van der Waals surface area contributed by atoms with Crippen LogP contribution in [0.25, 0.3) is 10.6 Å². The van der Waals surface area contributed by atoms with Crippen LogP contribution in [0, 0.1) is 0 Å². The first-order chi connectivity index (χ1) is 12.1. The smallest absolute Gasteiger partial charge is 0.170 e. The summed E-state index contributed by atoms with van der Waals surface area (Å²) in [5.74, 6) is 1.43. The molecule has 0 spiro atoms. The molecule has 0 radical (unpaired) electrons. The Morgan fingerprint density at radius 2 is 2.04 bits per heavy atom. The molecule has 0 N–H and O–H groups in total. The molecule has 0 saturated carbocycles. The van der Waals surface area contributed by atoms with E-state index in [-0.39, 0.29) is 0 Å². The quantitative estimate of drug-likeness (QED) is 0.649. The van der Waals surface area contributed by atoms with Crippen molar-refractivity contribution in [3.05, 3.63) is 47.2 Å². The Hall–Kier alpha value is -2.38. The van der Waals surface area contributed by atoms with Crippen LogP contribution in [-0.2, 0) is 20.1 Å². The molecule has 2 heterocycles. The van der Waals surface area contributed by atoms with Crippen LogP contribution in [0.2, 0.25) is 0 Å². The molecule has 25 heavy (non-hydrogen) atoms. The molecule has 6 nitrogen and oxygen atoms in total. The van der Waals surface area contributed by atoms with Crippen LogP contribution >= 0.6 is 11.3 Å². The summed E-state index contributed by atoms with van der Waals surface area (Å²) in [6.45, 7) is 1.61. The molecule has 0 fully saturated rings. The second-order valence-corrected chi connectivity index (χ2v) is 6.74. The van der Waals surface area contributed by atoms with E-state index in [1.165, 1.54) is 5.56 Å². The topological polar surface area (TPSA) is 52.4 Å². The van der Waals surface area contributed by atoms with Crippen LogP contribution in [0.15, 0.2) is 36.0 Å². The highest BCUT2D eigenvalue weighted by Crippen LogP contribution is 2.39. The van der Waals surface area contributed by atoms with E-state index in [4.69, 9.17) is 14.5 Å². The van der Waals surface area contributed by atoms with Gasteiger partial charge in [-0.1, -0.05) is 6.07 Å². The maximum Gasteiger partial charge on any atom is 0.170 e. The summed E-state index contributed by atoms with van der Waals surface area (Å²) >= 11 is 1.61. The highest BCUT2D eigenvalue weighted by atomic mass is 32.1. The number of methoxy groups -OCH3 is 2. The van der Waals surface area contributed by atoms with E-state index in [9.17, 15) is 0 Å². The molecule has 7 heteroatoms. The summed E-state index contributed by atoms with van der Waals surface area (Å²) in [5, 5.41) is 7.23. The van der Waals surface area contributed by atoms with Crippen molar-refractivity contribution in [1.82, 2.24) is 19.7 Å². The summed E-state index contributed by atoms with van der Waals surface area (Å²) in [5.41, 5.74) is 3.18. The number of aryl methyl sites for hydroxylation is 1. The van der Waals surface area contributed by atoms with Gasteiger partial charge < -0.3 is 9.47 Å². The van der Waals surface area contributed by atoms with Crippen molar-refractivity contribution in [3.63, 3.8) is 0 Å². The minimum Gasteiger partial charge on any atom is -0.493 e. The van der Waals surface area contributed by atoms with Gasteiger partial charge in [0.05, 0.1) is 31.7 Å². The third-order valence-corrected chi connectivity index (χ3v) is 4.75. The Labute approximate surface area is 151 Å². The zero-order chi connectivity index (χ0) is 17.8. The fraction of sp³-hybridized carbons (Fsp3) is 0.333. The molecule has 0 aliphatic heterocycles. The Balaban J connectivity index is 1.74. The van der Waals surface area contributed by atoms with Gasteiger partial charge in [-0.15, -0.1) is 11.3 Å². The molecule has 3 aromatic rings. The van der Waals surface area contributed by atoms with Crippen molar-refractivity contribution in [3.8, 4) is 22.1 Å². The number of rotatable bonds is 7. The highest BCUT2D eigenvalue weighted by molar-refractivity contribution is 7.13. The normalized spacial score (nSPS) is 11.1. The van der Waals surface area contributed by atoms with E-state index >= 15 is 0 Å². The molecule has 132 valence electrons. The van der Waals surface area contributed by atoms with Gasteiger partial charge in [0, 0.05) is 37.3 Å². The van der Waals surface area contributed by atoms with Gasteiger partial charge in [-0.2, -0.15) is 5.10 Å². The van der Waals surface area contributed by atoms with Crippen LogP contribution in [0.5, 0.6) is 11.5 Å². The molecule has 0 atom stereocenters. The molecule has 0 amide bonds. The molecule has 0 unspecified atom stereocenters. The van der Waals surface area contributed by atoms with Crippen LogP contribution in [0.4, 0.5) is 0 Å². The number of aromatic nitrogens is 3. The van der Waals surface area contributed by atoms with Crippen molar-refractivity contribution >= 4 is 11.3 Å². The lowest BCUT2D eigenvalue weighted by atomic mass is 10.2. The van der Waals surface area contributed by atoms with Crippen molar-refractivity contribution in [2.24, 2.45) is 7.05 Å². The number of hydrogen-bond acceptors (Lipinski definition) is 6. The van der Waals surface area contributed by atoms with E-state index in [2.05, 4.69) is 22.4 Å². The molecule has 0 saturated heterocycles. The summed E-state index contributed by atoms with van der Waals surface area (Å²) in [7, 11) is 7.30. The number of nitrogens with zero attached hydrogens (tertiary/aromatic N) is 4. The summed E-state index contributed by atoms with van der Waals surface area (Å²) in [6.07, 6.45) is 3.92. The summed E-state index contributed by atoms with van der Waals surface area (Å²) in [4.78, 5) is 6.99. The van der Waals surface area contributed by atoms with Crippen LogP contribution in [-0.4, -0.2) is 40.9 Å². The lowest BCUT2D eigenvalue weighted by molar-refractivity contribution is 0.316. The number of thiazole rings is 1. The van der Waals surface area contributed by atoms with Crippen LogP contribution in [0.1, 0.15) is 11.3 Å². The van der Waals surface area contributed by atoms with Gasteiger partial charge in [0.2, 0.25) is 0 Å². The van der Waals surface area contributed by atoms with Crippen LogP contribution in [0.3, 0.4) is 0 Å². The van der Waals surface area contributed by atoms with Crippen molar-refractivity contribution in [2.45, 2.75) is 13.1 Å². The fourth-order valence-corrected chi connectivity index (χ4v) is 3.59. The Morgan fingerprint density at radius 3 is 2.72 bits per heavy atom. The lowest BCUT2D eigenvalue weighted by Gasteiger charge is -2.13. The highest BCUT2D eigenvalue weighted by Gasteiger charge is 2.15. The number of benzene rings is 1. The van der Waals surface area contributed by atoms with E-state index in [0.29, 0.717) is 5.75 Å². The molecular formula is C18H22N4O2S. The van der Waals surface area contributed by atoms with Crippen molar-refractivity contribution in [1.29, 1.82) is 0 Å². The average Bonchev–Trinajstić information content (AvgIpc) is 3.23. The largest absolute Gasteiger partial charge is 0.493 e. The minimum absolute atomic E-state index is 0.713. The van der Waals surface area contributed by atoms with Gasteiger partial charge in [-0.05, 0) is 19.2 Å². The Bertz CT molecular complexity index is 843. The summed E-state index contributed by atoms with van der Waals surface area (Å²) < 4.78 is 12.7. The first-order valence-corrected chi connectivity index (χ1v) is 8.80. The third kappa shape index (κ3) is 4.00. The maximum atomic E-state index is 5.52. The van der Waals surface area contributed by atoms with Crippen molar-refractivity contribution < 1.29 is 9.47 Å². The summed E-state index contributed by atoms with van der Waals surface area (Å²) in [6, 6.07) is 5.84. The second kappa shape index (κ2) is 7.67. The lowest BCUT2D eigenvalue weighted by Crippen LogP contribution is -2.17. The molecule has 0 aliphatic rings. The molecule has 3 rings (SSSR count). The van der Waals surface area contributed by atoms with E-state index in [0.717, 1.165) is 35.1 Å². The fourth-order valence-electron chi connectivity index (χ4n) is 2.76. The van der Waals surface area contributed by atoms with Gasteiger partial charge in [-0.25, -0.2) is 4.98 Å². The van der Waals surface area contributed by atoms with Crippen molar-refractivity contribution in [2.75, 3.05) is 21.3 Å². The van der Waals surface area contributed by atoms with Gasteiger partial charge in [0.1, 0.15) is 5.01 Å². The van der Waals surface area contributed by atoms with Gasteiger partial charge >= 0.3 is 0 Å². The van der Waals surface area contributed by atoms with Crippen LogP contribution < -0.4 is 9.47 Å². The second-order valence-electron chi connectivity index (χ2n) is 5.88. The first kappa shape index (κ1) is 17.4. The zero-order valence-electron chi connectivity index (χ0n) is 14.9. The maximum absolute atomic E-state index is 5.52. The monoisotopic (exact) mass is 358 g/mol. The minimum atomic E-state index is 0.713. The predicted octanol–water partition coefficient (Wildman–Crippen LogP) is 3.19. The standard InChI is InChI=1S/C18H22N4O2S/c1-21(9-13-8-19-22(2)10-13)11-14-12-25-18(20-14)15-6-5-7-16(23-3)17(15)24-4/h5-8,10,12H,9,11H2,1-4H3. The molecule has 1 aromatic carbocycles. The predicted molar refractivity (Wildman–Crippen MR) is 99.0 cm³/mol. The number of ether oxygens (including phenoxy) is 2. The molecule has 2 aromatic heterocycles. The van der Waals surface area contributed by atoms with E-state index < -0.39 is 0 Å². The third-order valence-electron chi connectivity index (χ3n) is 3.83. The first-order valence-electron chi connectivity index (χ1n) is 7.92. The number of para-hydroxylation sites is 1. The average molecular weight is 358 g/mol. The Kier molecular flexibility index (Phi) is 5.35. The molecular weight excluding hydrogens is 336 g/mol. The Morgan fingerprint density at radius 1 is 1.20 bits per heavy atom. The molecule has 0 bridgehead atoms. The van der Waals surface area contributed by atoms with Gasteiger partial charge in [-0.3, -0.25) is 9.58 Å². The zero-order valence-corrected chi connectivity index (χ0v) is 15.7. The van der Waals surface area contributed by atoms with E-state index in [1.807, 2.05) is 42.3 Å². The van der Waals surface area contributed by atoms with Gasteiger partial charge in [0.15, 0.2) is 11.5 Å².